The molecule has 0 amide bonds. The summed E-state index contributed by atoms with van der Waals surface area (Å²) in [5.74, 6) is -0.786. The van der Waals surface area contributed by atoms with Crippen molar-refractivity contribution in [3.63, 3.8) is 0 Å². The van der Waals surface area contributed by atoms with E-state index in [2.05, 4.69) is 11.3 Å². The third-order valence-corrected chi connectivity index (χ3v) is 2.17. The van der Waals surface area contributed by atoms with Crippen LogP contribution in [0, 0.1) is 0 Å². The van der Waals surface area contributed by atoms with Crippen molar-refractivity contribution in [3.05, 3.63) is 48.0 Å². The summed E-state index contributed by atoms with van der Waals surface area (Å²) in [5, 5.41) is 0. The summed E-state index contributed by atoms with van der Waals surface area (Å²) in [7, 11) is 1.32. The Morgan fingerprint density at radius 1 is 1.29 bits per heavy atom. The van der Waals surface area contributed by atoms with Crippen LogP contribution < -0.4 is 0 Å². The molecule has 1 aromatic rings. The fourth-order valence-electron chi connectivity index (χ4n) is 1.36. The van der Waals surface area contributed by atoms with Crippen LogP contribution in [-0.4, -0.2) is 19.0 Å². The molecule has 1 atom stereocenters. The number of rotatable bonds is 4. The highest BCUT2D eigenvalue weighted by atomic mass is 16.5. The molecule has 0 saturated heterocycles. The second-order valence-electron chi connectivity index (χ2n) is 3.38. The van der Waals surface area contributed by atoms with Crippen molar-refractivity contribution in [3.8, 4) is 0 Å². The molecule has 1 unspecified atom stereocenters. The lowest BCUT2D eigenvalue weighted by molar-refractivity contribution is -0.144. The van der Waals surface area contributed by atoms with Crippen LogP contribution in [0.5, 0.6) is 0 Å². The lowest BCUT2D eigenvalue weighted by Crippen LogP contribution is -2.07. The van der Waals surface area contributed by atoms with E-state index in [1.165, 1.54) is 20.1 Å². The predicted molar refractivity (Wildman–Crippen MR) is 62.5 cm³/mol. The minimum atomic E-state index is -0.501. The number of esters is 2. The molecule has 0 radical (unpaired) electrons. The van der Waals surface area contributed by atoms with Crippen LogP contribution in [0.4, 0.5) is 0 Å². The van der Waals surface area contributed by atoms with E-state index in [9.17, 15) is 9.59 Å². The predicted octanol–water partition coefficient (Wildman–Crippen LogP) is 2.26. The van der Waals surface area contributed by atoms with E-state index in [1.54, 1.807) is 24.3 Å². The number of methoxy groups -OCH3 is 1. The molecular weight excluding hydrogens is 220 g/mol. The number of hydrogen-bond acceptors (Lipinski definition) is 4. The van der Waals surface area contributed by atoms with Crippen molar-refractivity contribution >= 4 is 11.9 Å². The maximum absolute atomic E-state index is 11.2. The summed E-state index contributed by atoms with van der Waals surface area (Å²) >= 11 is 0. The van der Waals surface area contributed by atoms with Crippen molar-refractivity contribution in [2.75, 3.05) is 7.11 Å². The van der Waals surface area contributed by atoms with E-state index in [-0.39, 0.29) is 5.97 Å². The van der Waals surface area contributed by atoms with Gasteiger partial charge in [-0.3, -0.25) is 4.79 Å². The average Bonchev–Trinajstić information content (AvgIpc) is 2.35. The van der Waals surface area contributed by atoms with E-state index in [4.69, 9.17) is 4.74 Å². The quantitative estimate of drug-likeness (QED) is 0.592. The summed E-state index contributed by atoms with van der Waals surface area (Å²) in [6, 6.07) is 6.62. The van der Waals surface area contributed by atoms with Gasteiger partial charge in [-0.05, 0) is 23.8 Å². The van der Waals surface area contributed by atoms with Crippen LogP contribution in [0.1, 0.15) is 28.9 Å². The summed E-state index contributed by atoms with van der Waals surface area (Å²) in [6.45, 7) is 4.93. The lowest BCUT2D eigenvalue weighted by atomic mass is 10.1. The first-order valence-electron chi connectivity index (χ1n) is 5.06. The zero-order valence-electron chi connectivity index (χ0n) is 9.80. The largest absolute Gasteiger partial charge is 0.465 e. The number of benzene rings is 1. The van der Waals surface area contributed by atoms with Gasteiger partial charge in [-0.2, -0.15) is 0 Å². The van der Waals surface area contributed by atoms with Crippen LogP contribution in [-0.2, 0) is 14.3 Å². The summed E-state index contributed by atoms with van der Waals surface area (Å²) in [5.41, 5.74) is 1.20. The van der Waals surface area contributed by atoms with Crippen molar-refractivity contribution in [2.45, 2.75) is 13.0 Å². The summed E-state index contributed by atoms with van der Waals surface area (Å²) in [6.07, 6.45) is 1.02. The highest BCUT2D eigenvalue weighted by Crippen LogP contribution is 2.19. The van der Waals surface area contributed by atoms with Crippen LogP contribution >= 0.6 is 0 Å². The van der Waals surface area contributed by atoms with E-state index in [0.717, 1.165) is 5.56 Å². The van der Waals surface area contributed by atoms with Crippen molar-refractivity contribution in [1.29, 1.82) is 0 Å². The zero-order chi connectivity index (χ0) is 12.8. The molecule has 90 valence electrons. The van der Waals surface area contributed by atoms with Gasteiger partial charge in [0.15, 0.2) is 0 Å². The maximum atomic E-state index is 11.2. The molecule has 1 aromatic carbocycles. The average molecular weight is 234 g/mol. The Morgan fingerprint density at radius 3 is 2.29 bits per heavy atom. The molecule has 0 aliphatic heterocycles. The molecule has 0 saturated carbocycles. The van der Waals surface area contributed by atoms with Crippen LogP contribution in [0.2, 0.25) is 0 Å². The molecule has 0 aliphatic carbocycles. The first kappa shape index (κ1) is 13.0. The Kier molecular flexibility index (Phi) is 4.46. The molecule has 17 heavy (non-hydrogen) atoms. The number of carbonyl (C=O) groups is 2. The van der Waals surface area contributed by atoms with Gasteiger partial charge in [0.25, 0.3) is 0 Å². The fraction of sp³-hybridized carbons (Fsp3) is 0.231. The van der Waals surface area contributed by atoms with Gasteiger partial charge in [-0.25, -0.2) is 4.79 Å². The van der Waals surface area contributed by atoms with Crippen LogP contribution in [0.3, 0.4) is 0 Å². The molecule has 1 rings (SSSR count). The fourth-order valence-corrected chi connectivity index (χ4v) is 1.36. The van der Waals surface area contributed by atoms with Gasteiger partial charge < -0.3 is 9.47 Å². The van der Waals surface area contributed by atoms with Gasteiger partial charge in [-0.15, -0.1) is 0 Å². The van der Waals surface area contributed by atoms with Crippen LogP contribution in [0.15, 0.2) is 36.9 Å². The van der Waals surface area contributed by atoms with E-state index in [0.29, 0.717) is 5.56 Å². The van der Waals surface area contributed by atoms with Gasteiger partial charge >= 0.3 is 11.9 Å². The molecule has 0 aromatic heterocycles. The van der Waals surface area contributed by atoms with Crippen molar-refractivity contribution < 1.29 is 19.1 Å². The Hall–Kier alpha value is -2.10. The zero-order valence-corrected chi connectivity index (χ0v) is 9.80. The SMILES string of the molecule is C=CC(OC(C)=O)c1ccc(C(=O)OC)cc1. The molecule has 0 aliphatic rings. The van der Waals surface area contributed by atoms with Gasteiger partial charge in [0.2, 0.25) is 0 Å². The minimum Gasteiger partial charge on any atom is -0.465 e. The van der Waals surface area contributed by atoms with Gasteiger partial charge in [-0.1, -0.05) is 18.7 Å². The third-order valence-electron chi connectivity index (χ3n) is 2.17. The Balaban J connectivity index is 2.88. The second-order valence-corrected chi connectivity index (χ2v) is 3.38. The van der Waals surface area contributed by atoms with E-state index in [1.807, 2.05) is 0 Å². The number of ether oxygens (including phenoxy) is 2. The van der Waals surface area contributed by atoms with Gasteiger partial charge in [0.1, 0.15) is 6.10 Å². The minimum absolute atomic E-state index is 0.382. The molecular formula is C13H14O4. The molecule has 4 heteroatoms. The Morgan fingerprint density at radius 2 is 1.88 bits per heavy atom. The Bertz CT molecular complexity index is 420. The maximum Gasteiger partial charge on any atom is 0.337 e. The molecule has 4 nitrogen and oxygen atoms in total. The van der Waals surface area contributed by atoms with Crippen molar-refractivity contribution in [1.82, 2.24) is 0 Å². The molecule has 0 bridgehead atoms. The standard InChI is InChI=1S/C13H14O4/c1-4-12(17-9(2)14)10-5-7-11(8-6-10)13(15)16-3/h4-8,12H,1H2,2-3H3. The van der Waals surface area contributed by atoms with Gasteiger partial charge in [0.05, 0.1) is 12.7 Å². The highest BCUT2D eigenvalue weighted by Gasteiger charge is 2.11. The molecule has 0 N–H and O–H groups in total. The van der Waals surface area contributed by atoms with E-state index < -0.39 is 12.1 Å². The summed E-state index contributed by atoms with van der Waals surface area (Å²) in [4.78, 5) is 22.1. The van der Waals surface area contributed by atoms with Crippen molar-refractivity contribution in [2.24, 2.45) is 0 Å². The van der Waals surface area contributed by atoms with Gasteiger partial charge in [0, 0.05) is 6.92 Å². The smallest absolute Gasteiger partial charge is 0.337 e. The third kappa shape index (κ3) is 3.45. The molecule has 0 fully saturated rings. The normalized spacial score (nSPS) is 11.4. The lowest BCUT2D eigenvalue weighted by Gasteiger charge is -2.13. The van der Waals surface area contributed by atoms with E-state index >= 15 is 0 Å². The topological polar surface area (TPSA) is 52.6 Å². The molecule has 0 spiro atoms. The first-order valence-corrected chi connectivity index (χ1v) is 5.06. The van der Waals surface area contributed by atoms with Crippen LogP contribution in [0.25, 0.3) is 0 Å². The monoisotopic (exact) mass is 234 g/mol. The Labute approximate surface area is 99.8 Å². The highest BCUT2D eigenvalue weighted by molar-refractivity contribution is 5.89. The first-order chi connectivity index (χ1) is 8.08. The number of carbonyl (C=O) groups excluding carboxylic acids is 2. The molecule has 0 heterocycles. The number of hydrogen-bond donors (Lipinski definition) is 0. The second kappa shape index (κ2) is 5.84. The summed E-state index contributed by atoms with van der Waals surface area (Å²) < 4.78 is 9.62.